The van der Waals surface area contributed by atoms with Crippen LogP contribution in [0, 0.1) is 0 Å². The Morgan fingerprint density at radius 1 is 0.384 bits per heavy atom. The van der Waals surface area contributed by atoms with E-state index in [9.17, 15) is 30.3 Å². The predicted octanol–water partition coefficient (Wildman–Crippen LogP) is 21.6. The van der Waals surface area contributed by atoms with E-state index in [0.717, 1.165) is 38.5 Å². The van der Waals surface area contributed by atoms with Gasteiger partial charge in [-0.05, 0) is 44.9 Å². The Morgan fingerprint density at radius 2 is 0.651 bits per heavy atom. The Balaban J connectivity index is 2.08. The number of aliphatic hydroxyl groups is 5. The molecule has 0 radical (unpaired) electrons. The van der Waals surface area contributed by atoms with Gasteiger partial charge in [-0.15, -0.1) is 0 Å². The van der Waals surface area contributed by atoms with Gasteiger partial charge in [-0.1, -0.05) is 378 Å². The maximum atomic E-state index is 13.2. The summed E-state index contributed by atoms with van der Waals surface area (Å²) < 4.78 is 11.3. The van der Waals surface area contributed by atoms with Gasteiger partial charge in [0.05, 0.1) is 25.4 Å². The molecule has 9 nitrogen and oxygen atoms in total. The van der Waals surface area contributed by atoms with Crippen molar-refractivity contribution < 1.29 is 39.8 Å². The molecule has 86 heavy (non-hydrogen) atoms. The van der Waals surface area contributed by atoms with Crippen molar-refractivity contribution in [3.8, 4) is 0 Å². The van der Waals surface area contributed by atoms with Crippen LogP contribution >= 0.6 is 0 Å². The molecule has 0 spiro atoms. The molecular formula is C77H149NO8. The van der Waals surface area contributed by atoms with E-state index in [1.54, 1.807) is 6.08 Å². The van der Waals surface area contributed by atoms with Crippen LogP contribution in [0.25, 0.3) is 0 Å². The van der Waals surface area contributed by atoms with Crippen LogP contribution in [0.2, 0.25) is 0 Å². The van der Waals surface area contributed by atoms with Crippen LogP contribution in [0.4, 0.5) is 0 Å². The highest BCUT2D eigenvalue weighted by Crippen LogP contribution is 2.24. The monoisotopic (exact) mass is 1220 g/mol. The Labute approximate surface area is 534 Å². The van der Waals surface area contributed by atoms with E-state index < -0.39 is 49.5 Å². The average molecular weight is 1220 g/mol. The van der Waals surface area contributed by atoms with Crippen LogP contribution in [-0.2, 0) is 14.3 Å². The molecule has 0 aromatic heterocycles. The summed E-state index contributed by atoms with van der Waals surface area (Å²) in [6.45, 7) is 3.85. The predicted molar refractivity (Wildman–Crippen MR) is 369 cm³/mol. The fourth-order valence-electron chi connectivity index (χ4n) is 12.7. The SMILES string of the molecule is CCCCCCCCCC/C=C\CCCCCCCCCCCCCCCCCCCCCCCC(=O)NC(COC1OC(CO)C(O)C(O)C1O)C(O)/C=C/CCCCCCCCCCCCCCCCCCCCCCCCCCCCCC. The summed E-state index contributed by atoms with van der Waals surface area (Å²) in [6, 6.07) is -0.804. The van der Waals surface area contributed by atoms with Crippen molar-refractivity contribution in [3.63, 3.8) is 0 Å². The number of allylic oxidation sites excluding steroid dienone is 3. The van der Waals surface area contributed by atoms with Crippen molar-refractivity contribution in [2.45, 2.75) is 448 Å². The number of amides is 1. The second-order valence-electron chi connectivity index (χ2n) is 27.2. The smallest absolute Gasteiger partial charge is 0.220 e. The summed E-state index contributed by atoms with van der Waals surface area (Å²) >= 11 is 0. The van der Waals surface area contributed by atoms with E-state index >= 15 is 0 Å². The number of rotatable bonds is 69. The minimum absolute atomic E-state index is 0.167. The van der Waals surface area contributed by atoms with Crippen molar-refractivity contribution in [1.29, 1.82) is 0 Å². The molecule has 1 aliphatic heterocycles. The highest BCUT2D eigenvalue weighted by Gasteiger charge is 2.44. The van der Waals surface area contributed by atoms with Crippen LogP contribution in [0.5, 0.6) is 0 Å². The van der Waals surface area contributed by atoms with Crippen LogP contribution in [0.3, 0.4) is 0 Å². The quantitative estimate of drug-likeness (QED) is 0.0261. The zero-order chi connectivity index (χ0) is 62.1. The van der Waals surface area contributed by atoms with E-state index in [-0.39, 0.29) is 12.5 Å². The molecule has 510 valence electrons. The topological polar surface area (TPSA) is 149 Å². The van der Waals surface area contributed by atoms with Crippen LogP contribution in [-0.4, -0.2) is 87.5 Å². The van der Waals surface area contributed by atoms with E-state index in [1.807, 2.05) is 6.08 Å². The minimum Gasteiger partial charge on any atom is -0.394 e. The van der Waals surface area contributed by atoms with Gasteiger partial charge in [0.25, 0.3) is 0 Å². The number of ether oxygens (including phenoxy) is 2. The van der Waals surface area contributed by atoms with Crippen LogP contribution in [0.15, 0.2) is 24.3 Å². The van der Waals surface area contributed by atoms with Gasteiger partial charge in [0.1, 0.15) is 24.4 Å². The maximum Gasteiger partial charge on any atom is 0.220 e. The van der Waals surface area contributed by atoms with Gasteiger partial charge in [-0.2, -0.15) is 0 Å². The number of nitrogens with one attached hydrogen (secondary N) is 1. The molecule has 6 N–H and O–H groups in total. The summed E-state index contributed by atoms with van der Waals surface area (Å²) in [4.78, 5) is 13.2. The molecule has 7 unspecified atom stereocenters. The number of carbonyl (C=O) groups excluding carboxylic acids is 1. The molecule has 0 aromatic rings. The van der Waals surface area contributed by atoms with Crippen molar-refractivity contribution >= 4 is 5.91 Å². The van der Waals surface area contributed by atoms with E-state index in [1.165, 1.54) is 347 Å². The number of aliphatic hydroxyl groups excluding tert-OH is 5. The van der Waals surface area contributed by atoms with Gasteiger partial charge in [-0.3, -0.25) is 4.79 Å². The molecule has 0 bridgehead atoms. The van der Waals surface area contributed by atoms with Gasteiger partial charge >= 0.3 is 0 Å². The first-order valence-corrected chi connectivity index (χ1v) is 38.6. The fourth-order valence-corrected chi connectivity index (χ4v) is 12.7. The third-order valence-corrected chi connectivity index (χ3v) is 18.8. The second kappa shape index (κ2) is 66.6. The largest absolute Gasteiger partial charge is 0.394 e. The Morgan fingerprint density at radius 3 is 0.942 bits per heavy atom. The van der Waals surface area contributed by atoms with Gasteiger partial charge < -0.3 is 40.3 Å². The number of carbonyl (C=O) groups is 1. The van der Waals surface area contributed by atoms with Gasteiger partial charge in [0, 0.05) is 6.42 Å². The molecular weight excluding hydrogens is 1070 g/mol. The van der Waals surface area contributed by atoms with E-state index in [2.05, 4.69) is 31.3 Å². The van der Waals surface area contributed by atoms with Crippen LogP contribution < -0.4 is 5.32 Å². The summed E-state index contributed by atoms with van der Waals surface area (Å²) in [7, 11) is 0. The first-order chi connectivity index (χ1) is 42.3. The third kappa shape index (κ3) is 54.4. The Bertz CT molecular complexity index is 1410. The standard InChI is InChI=1S/C77H149NO8/c1-3-5-7-9-11-13-15-17-19-21-23-25-27-29-31-33-35-36-37-39-41-43-45-47-49-51-53-55-57-59-61-63-65-67-73(81)78-70(69-85-77-76(84)75(83)74(82)72(68-79)86-77)71(80)66-64-62-60-58-56-54-52-50-48-46-44-42-40-38-34-32-30-28-26-24-22-20-18-16-14-12-10-8-6-4-2/h21,23,64,66,70-72,74-77,79-80,82-84H,3-20,22,24-63,65,67-69H2,1-2H3,(H,78,81)/b23-21-,66-64+. The van der Waals surface area contributed by atoms with Gasteiger partial charge in [-0.25, -0.2) is 0 Å². The number of hydrogen-bond acceptors (Lipinski definition) is 8. The lowest BCUT2D eigenvalue weighted by Crippen LogP contribution is -2.60. The molecule has 1 fully saturated rings. The molecule has 1 heterocycles. The Kier molecular flexibility index (Phi) is 64.0. The lowest BCUT2D eigenvalue weighted by Gasteiger charge is -2.40. The van der Waals surface area contributed by atoms with Crippen molar-refractivity contribution in [1.82, 2.24) is 5.32 Å². The minimum atomic E-state index is -1.57. The van der Waals surface area contributed by atoms with Crippen molar-refractivity contribution in [2.75, 3.05) is 13.2 Å². The van der Waals surface area contributed by atoms with Crippen molar-refractivity contribution in [3.05, 3.63) is 24.3 Å². The van der Waals surface area contributed by atoms with Crippen molar-refractivity contribution in [2.24, 2.45) is 0 Å². The van der Waals surface area contributed by atoms with Crippen LogP contribution in [0.1, 0.15) is 406 Å². The third-order valence-electron chi connectivity index (χ3n) is 18.8. The summed E-state index contributed by atoms with van der Waals surface area (Å²) in [5, 5.41) is 54.9. The Hall–Kier alpha value is -1.33. The zero-order valence-electron chi connectivity index (χ0n) is 57.4. The summed E-state index contributed by atoms with van der Waals surface area (Å²) in [5.41, 5.74) is 0. The molecule has 1 aliphatic rings. The number of unbranched alkanes of at least 4 members (excludes halogenated alkanes) is 57. The normalized spacial score (nSPS) is 18.1. The van der Waals surface area contributed by atoms with E-state index in [4.69, 9.17) is 9.47 Å². The lowest BCUT2D eigenvalue weighted by atomic mass is 9.99. The number of hydrogen-bond donors (Lipinski definition) is 6. The second-order valence-corrected chi connectivity index (χ2v) is 27.2. The average Bonchev–Trinajstić information content (AvgIpc) is 2.60. The molecule has 1 amide bonds. The first-order valence-electron chi connectivity index (χ1n) is 38.6. The van der Waals surface area contributed by atoms with Gasteiger partial charge in [0.15, 0.2) is 6.29 Å². The molecule has 0 aliphatic carbocycles. The molecule has 0 saturated carbocycles. The highest BCUT2D eigenvalue weighted by molar-refractivity contribution is 5.76. The maximum absolute atomic E-state index is 13.2. The highest BCUT2D eigenvalue weighted by atomic mass is 16.7. The molecule has 1 saturated heterocycles. The zero-order valence-corrected chi connectivity index (χ0v) is 57.4. The van der Waals surface area contributed by atoms with Gasteiger partial charge in [0.2, 0.25) is 5.91 Å². The lowest BCUT2D eigenvalue weighted by molar-refractivity contribution is -0.302. The van der Waals surface area contributed by atoms with E-state index in [0.29, 0.717) is 6.42 Å². The fraction of sp³-hybridized carbons (Fsp3) is 0.935. The molecule has 1 rings (SSSR count). The first kappa shape index (κ1) is 82.7. The molecule has 7 atom stereocenters. The summed E-state index contributed by atoms with van der Waals surface area (Å²) in [6.07, 6.45) is 81.7. The summed E-state index contributed by atoms with van der Waals surface area (Å²) in [5.74, 6) is -0.167. The molecule has 9 heteroatoms. The molecule has 0 aromatic carbocycles.